The number of aromatic nitrogens is 3. The first-order chi connectivity index (χ1) is 16.0. The molecule has 0 aromatic carbocycles. The molecule has 2 fully saturated rings. The van der Waals surface area contributed by atoms with Crippen molar-refractivity contribution in [1.29, 1.82) is 5.26 Å². The minimum Gasteiger partial charge on any atom is -0.444 e. The Morgan fingerprint density at radius 1 is 1.32 bits per heavy atom. The minimum atomic E-state index is -3.06. The third kappa shape index (κ3) is 3.67. The van der Waals surface area contributed by atoms with Gasteiger partial charge in [0.2, 0.25) is 0 Å². The number of halogens is 2. The summed E-state index contributed by atoms with van der Waals surface area (Å²) in [5.41, 5.74) is 0.797. The lowest BCUT2D eigenvalue weighted by Crippen LogP contribution is -2.52. The zero-order valence-electron chi connectivity index (χ0n) is 19.8. The van der Waals surface area contributed by atoms with E-state index in [-0.39, 0.29) is 42.1 Å². The summed E-state index contributed by atoms with van der Waals surface area (Å²) in [6.45, 7) is 9.08. The van der Waals surface area contributed by atoms with Gasteiger partial charge in [0.25, 0.3) is 5.92 Å². The summed E-state index contributed by atoms with van der Waals surface area (Å²) in [7, 11) is 0. The molecule has 8 nitrogen and oxygen atoms in total. The van der Waals surface area contributed by atoms with Crippen molar-refractivity contribution in [2.24, 2.45) is 0 Å². The summed E-state index contributed by atoms with van der Waals surface area (Å²) in [5.74, 6) is -2.72. The van der Waals surface area contributed by atoms with Gasteiger partial charge in [-0.05, 0) is 46.1 Å². The Kier molecular flexibility index (Phi) is 5.08. The van der Waals surface area contributed by atoms with E-state index in [0.717, 1.165) is 6.42 Å². The van der Waals surface area contributed by atoms with Gasteiger partial charge in [-0.3, -0.25) is 4.68 Å². The van der Waals surface area contributed by atoms with Crippen LogP contribution >= 0.6 is 0 Å². The average molecular weight is 471 g/mol. The van der Waals surface area contributed by atoms with Gasteiger partial charge in [-0.25, -0.2) is 18.6 Å². The number of ether oxygens (including phenoxy) is 1. The first-order valence-electron chi connectivity index (χ1n) is 11.6. The van der Waals surface area contributed by atoms with E-state index >= 15 is 0 Å². The zero-order valence-corrected chi connectivity index (χ0v) is 19.8. The highest BCUT2D eigenvalue weighted by Gasteiger charge is 2.46. The molecule has 2 saturated heterocycles. The van der Waals surface area contributed by atoms with E-state index in [1.54, 1.807) is 22.0 Å². The van der Waals surface area contributed by atoms with Gasteiger partial charge in [-0.2, -0.15) is 10.4 Å². The Hall–Kier alpha value is -3.22. The molecule has 0 bridgehead atoms. The standard InChI is InChI=1S/C24H28F2N6O2/c1-14-6-8-31(14)21-18(9-27)19-17(5-7-24(19,25)26)20(29-21)15-10-28-32(11-15)16-12-30(13-16)22(33)34-23(2,3)4/h10-11,14,16H,5-8,12-13H2,1-4H3/t14-/m0/s1. The van der Waals surface area contributed by atoms with Gasteiger partial charge < -0.3 is 14.5 Å². The van der Waals surface area contributed by atoms with Crippen LogP contribution in [0.3, 0.4) is 0 Å². The van der Waals surface area contributed by atoms with E-state index in [9.17, 15) is 18.8 Å². The van der Waals surface area contributed by atoms with Gasteiger partial charge in [0.15, 0.2) is 0 Å². The van der Waals surface area contributed by atoms with Crippen LogP contribution in [0.25, 0.3) is 11.3 Å². The van der Waals surface area contributed by atoms with E-state index in [0.29, 0.717) is 42.3 Å². The molecule has 2 aliphatic heterocycles. The Balaban J connectivity index is 1.45. The first kappa shape index (κ1) is 22.6. The van der Waals surface area contributed by atoms with Crippen molar-refractivity contribution in [3.8, 4) is 17.3 Å². The van der Waals surface area contributed by atoms with Gasteiger partial charge in [0.05, 0.1) is 17.9 Å². The Labute approximate surface area is 197 Å². The molecule has 10 heteroatoms. The molecule has 3 aliphatic rings. The summed E-state index contributed by atoms with van der Waals surface area (Å²) >= 11 is 0. The fourth-order valence-corrected chi connectivity index (χ4v) is 4.81. The normalized spacial score (nSPS) is 21.5. The molecule has 5 rings (SSSR count). The van der Waals surface area contributed by atoms with Crippen LogP contribution < -0.4 is 4.90 Å². The Morgan fingerprint density at radius 2 is 2.06 bits per heavy atom. The van der Waals surface area contributed by atoms with E-state index in [2.05, 4.69) is 5.10 Å². The third-order valence-corrected chi connectivity index (χ3v) is 6.80. The number of hydrogen-bond donors (Lipinski definition) is 0. The Morgan fingerprint density at radius 3 is 2.65 bits per heavy atom. The van der Waals surface area contributed by atoms with Gasteiger partial charge in [0.1, 0.15) is 23.1 Å². The van der Waals surface area contributed by atoms with E-state index in [1.165, 1.54) is 0 Å². The maximum Gasteiger partial charge on any atom is 0.410 e. The van der Waals surface area contributed by atoms with Crippen LogP contribution in [-0.4, -0.2) is 57.0 Å². The number of carbonyl (C=O) groups excluding carboxylic acids is 1. The van der Waals surface area contributed by atoms with Crippen LogP contribution in [0.1, 0.15) is 63.3 Å². The summed E-state index contributed by atoms with van der Waals surface area (Å²) in [6.07, 6.45) is 3.83. The van der Waals surface area contributed by atoms with Gasteiger partial charge in [0, 0.05) is 49.4 Å². The van der Waals surface area contributed by atoms with Crippen molar-refractivity contribution in [1.82, 2.24) is 19.7 Å². The van der Waals surface area contributed by atoms with Crippen molar-refractivity contribution in [2.75, 3.05) is 24.5 Å². The number of amides is 1. The summed E-state index contributed by atoms with van der Waals surface area (Å²) in [5, 5.41) is 14.2. The summed E-state index contributed by atoms with van der Waals surface area (Å²) in [6, 6.07) is 2.14. The number of likely N-dealkylation sites (tertiary alicyclic amines) is 1. The minimum absolute atomic E-state index is 0.00723. The molecule has 0 radical (unpaired) electrons. The molecular weight excluding hydrogens is 442 g/mol. The predicted molar refractivity (Wildman–Crippen MR) is 121 cm³/mol. The molecule has 0 saturated carbocycles. The summed E-state index contributed by atoms with van der Waals surface area (Å²) in [4.78, 5) is 20.5. The monoisotopic (exact) mass is 470 g/mol. The third-order valence-electron chi connectivity index (χ3n) is 6.80. The van der Waals surface area contributed by atoms with Crippen molar-refractivity contribution in [2.45, 2.75) is 70.6 Å². The number of hydrogen-bond acceptors (Lipinski definition) is 6. The lowest BCUT2D eigenvalue weighted by atomic mass is 9.96. The van der Waals surface area contributed by atoms with Crippen LogP contribution in [0, 0.1) is 11.3 Å². The van der Waals surface area contributed by atoms with Crippen LogP contribution in [0.15, 0.2) is 12.4 Å². The molecule has 180 valence electrons. The van der Waals surface area contributed by atoms with Crippen LogP contribution in [0.2, 0.25) is 0 Å². The van der Waals surface area contributed by atoms with E-state index < -0.39 is 11.5 Å². The van der Waals surface area contributed by atoms with Gasteiger partial charge in [-0.15, -0.1) is 0 Å². The van der Waals surface area contributed by atoms with Crippen LogP contribution in [-0.2, 0) is 17.1 Å². The molecule has 0 spiro atoms. The number of fused-ring (bicyclic) bond motifs is 1. The molecule has 0 unspecified atom stereocenters. The second-order valence-electron chi connectivity index (χ2n) is 10.4. The fraction of sp³-hybridized carbons (Fsp3) is 0.583. The largest absolute Gasteiger partial charge is 0.444 e. The number of nitrogens with zero attached hydrogens (tertiary/aromatic N) is 6. The van der Waals surface area contributed by atoms with Gasteiger partial charge >= 0.3 is 6.09 Å². The first-order valence-corrected chi connectivity index (χ1v) is 11.6. The average Bonchev–Trinajstić information content (AvgIpc) is 3.29. The Bertz CT molecular complexity index is 1190. The SMILES string of the molecule is C[C@H]1CCN1c1nc(-c2cnn(C3CN(C(=O)OC(C)(C)C)C3)c2)c2c(c1C#N)C(F)(F)CC2. The number of anilines is 1. The highest BCUT2D eigenvalue weighted by atomic mass is 19.3. The highest BCUT2D eigenvalue weighted by Crippen LogP contribution is 2.49. The smallest absolute Gasteiger partial charge is 0.410 e. The molecule has 1 amide bonds. The lowest BCUT2D eigenvalue weighted by Gasteiger charge is -2.40. The van der Waals surface area contributed by atoms with Crippen molar-refractivity contribution in [3.05, 3.63) is 29.1 Å². The number of rotatable bonds is 3. The molecule has 0 N–H and O–H groups in total. The lowest BCUT2D eigenvalue weighted by molar-refractivity contribution is -0.00232. The van der Waals surface area contributed by atoms with Crippen LogP contribution in [0.4, 0.5) is 19.4 Å². The van der Waals surface area contributed by atoms with Crippen LogP contribution in [0.5, 0.6) is 0 Å². The van der Waals surface area contributed by atoms with Gasteiger partial charge in [-0.1, -0.05) is 0 Å². The molecule has 1 atom stereocenters. The molecule has 1 aliphatic carbocycles. The number of nitriles is 1. The van der Waals surface area contributed by atoms with Crippen molar-refractivity contribution >= 4 is 11.9 Å². The molecule has 2 aromatic rings. The fourth-order valence-electron chi connectivity index (χ4n) is 4.81. The predicted octanol–water partition coefficient (Wildman–Crippen LogP) is 4.25. The van der Waals surface area contributed by atoms with Crippen molar-refractivity contribution < 1.29 is 18.3 Å². The number of alkyl halides is 2. The molecular formula is C24H28F2N6O2. The quantitative estimate of drug-likeness (QED) is 0.667. The number of carbonyl (C=O) groups is 1. The van der Waals surface area contributed by atoms with Crippen molar-refractivity contribution in [3.63, 3.8) is 0 Å². The van der Waals surface area contributed by atoms with E-state index in [4.69, 9.17) is 9.72 Å². The summed E-state index contributed by atoms with van der Waals surface area (Å²) < 4.78 is 37.0. The zero-order chi connectivity index (χ0) is 24.4. The number of pyridine rings is 1. The molecule has 4 heterocycles. The highest BCUT2D eigenvalue weighted by molar-refractivity contribution is 5.74. The molecule has 34 heavy (non-hydrogen) atoms. The maximum absolute atomic E-state index is 14.9. The topological polar surface area (TPSA) is 87.3 Å². The van der Waals surface area contributed by atoms with E-state index in [1.807, 2.05) is 38.7 Å². The second-order valence-corrected chi connectivity index (χ2v) is 10.4. The molecule has 2 aromatic heterocycles. The maximum atomic E-state index is 14.9. The second kappa shape index (κ2) is 7.65.